The van der Waals surface area contributed by atoms with Crippen LogP contribution in [0.25, 0.3) is 0 Å². The first-order chi connectivity index (χ1) is 21.5. The van der Waals surface area contributed by atoms with Crippen molar-refractivity contribution in [3.8, 4) is 0 Å². The summed E-state index contributed by atoms with van der Waals surface area (Å²) in [5.74, 6) is -0.809. The van der Waals surface area contributed by atoms with E-state index in [1.165, 1.54) is 9.21 Å². The molecule has 4 aromatic carbocycles. The first kappa shape index (κ1) is 33.7. The van der Waals surface area contributed by atoms with Gasteiger partial charge in [-0.1, -0.05) is 90.8 Å². The van der Waals surface area contributed by atoms with Gasteiger partial charge in [0.15, 0.2) is 0 Å². The molecule has 236 valence electrons. The second-order valence-corrected chi connectivity index (χ2v) is 13.6. The molecule has 0 heterocycles. The Hall–Kier alpha value is -4.14. The third kappa shape index (κ3) is 8.74. The van der Waals surface area contributed by atoms with E-state index in [0.29, 0.717) is 22.8 Å². The molecule has 0 saturated heterocycles. The van der Waals surface area contributed by atoms with Crippen LogP contribution in [0.5, 0.6) is 0 Å². The summed E-state index contributed by atoms with van der Waals surface area (Å²) >= 11 is 6.15. The van der Waals surface area contributed by atoms with E-state index in [9.17, 15) is 18.0 Å². The summed E-state index contributed by atoms with van der Waals surface area (Å²) in [6.45, 7) is 7.57. The van der Waals surface area contributed by atoms with Crippen molar-refractivity contribution in [2.75, 3.05) is 17.4 Å². The maximum atomic E-state index is 14.6. The van der Waals surface area contributed by atoms with Gasteiger partial charge >= 0.3 is 0 Å². The molecule has 1 N–H and O–H groups in total. The Balaban J connectivity index is 1.82. The van der Waals surface area contributed by atoms with Crippen molar-refractivity contribution in [3.05, 3.63) is 130 Å². The molecule has 0 fully saturated rings. The van der Waals surface area contributed by atoms with E-state index in [-0.39, 0.29) is 23.8 Å². The van der Waals surface area contributed by atoms with Gasteiger partial charge in [0.2, 0.25) is 11.8 Å². The van der Waals surface area contributed by atoms with Crippen LogP contribution in [0.1, 0.15) is 41.2 Å². The van der Waals surface area contributed by atoms with Crippen LogP contribution in [0.15, 0.2) is 102 Å². The van der Waals surface area contributed by atoms with Crippen molar-refractivity contribution in [2.45, 2.75) is 58.0 Å². The summed E-state index contributed by atoms with van der Waals surface area (Å²) in [7, 11) is -4.17. The third-order valence-corrected chi connectivity index (χ3v) is 9.63. The van der Waals surface area contributed by atoms with Crippen LogP contribution in [-0.4, -0.2) is 44.3 Å². The molecular formula is C36H40ClN3O4S. The van der Waals surface area contributed by atoms with Crippen LogP contribution in [0.4, 0.5) is 5.69 Å². The summed E-state index contributed by atoms with van der Waals surface area (Å²) in [6, 6.07) is 27.7. The molecule has 0 aromatic heterocycles. The Kier molecular flexibility index (Phi) is 11.4. The van der Waals surface area contributed by atoms with Crippen molar-refractivity contribution >= 4 is 39.1 Å². The van der Waals surface area contributed by atoms with E-state index < -0.39 is 28.5 Å². The van der Waals surface area contributed by atoms with Crippen molar-refractivity contribution < 1.29 is 18.0 Å². The molecule has 0 bridgehead atoms. The van der Waals surface area contributed by atoms with Gasteiger partial charge in [0.1, 0.15) is 12.6 Å². The predicted octanol–water partition coefficient (Wildman–Crippen LogP) is 6.63. The number of carbonyl (C=O) groups excluding carboxylic acids is 2. The standard InChI is InChI=1S/C36H40ClN3O4S/c1-5-21-38-36(42)34(23-29-9-7-6-8-10-29)39(24-30-15-17-31(37)18-16-30)35(41)25-40(33-22-27(3)11-14-28(33)4)45(43,44)32-19-12-26(2)13-20-32/h6-20,22,34H,5,21,23-25H2,1-4H3,(H,38,42)/t34-/m1/s1. The molecule has 9 heteroatoms. The lowest BCUT2D eigenvalue weighted by Gasteiger charge is -2.34. The van der Waals surface area contributed by atoms with Gasteiger partial charge in [-0.3, -0.25) is 13.9 Å². The Morgan fingerprint density at radius 2 is 1.47 bits per heavy atom. The van der Waals surface area contributed by atoms with Gasteiger partial charge in [-0.15, -0.1) is 0 Å². The highest BCUT2D eigenvalue weighted by Crippen LogP contribution is 2.29. The van der Waals surface area contributed by atoms with Crippen molar-refractivity contribution in [1.29, 1.82) is 0 Å². The molecule has 2 amide bonds. The maximum Gasteiger partial charge on any atom is 0.264 e. The molecule has 0 saturated carbocycles. The van der Waals surface area contributed by atoms with E-state index >= 15 is 0 Å². The molecule has 0 spiro atoms. The lowest BCUT2D eigenvalue weighted by Crippen LogP contribution is -2.53. The van der Waals surface area contributed by atoms with Crippen LogP contribution in [-0.2, 0) is 32.6 Å². The zero-order valence-electron chi connectivity index (χ0n) is 26.2. The minimum absolute atomic E-state index is 0.0765. The SMILES string of the molecule is CCCNC(=O)[C@@H](Cc1ccccc1)N(Cc1ccc(Cl)cc1)C(=O)CN(c1cc(C)ccc1C)S(=O)(=O)c1ccc(C)cc1. The number of halogens is 1. The van der Waals surface area contributed by atoms with Gasteiger partial charge in [0.25, 0.3) is 10.0 Å². The van der Waals surface area contributed by atoms with Crippen LogP contribution in [0.3, 0.4) is 0 Å². The number of rotatable bonds is 13. The first-order valence-corrected chi connectivity index (χ1v) is 16.8. The lowest BCUT2D eigenvalue weighted by atomic mass is 10.0. The molecular weight excluding hydrogens is 606 g/mol. The fraction of sp³-hybridized carbons (Fsp3) is 0.278. The molecule has 4 aromatic rings. The molecule has 45 heavy (non-hydrogen) atoms. The maximum absolute atomic E-state index is 14.6. The summed E-state index contributed by atoms with van der Waals surface area (Å²) in [5, 5.41) is 3.50. The van der Waals surface area contributed by atoms with E-state index in [1.807, 2.05) is 70.2 Å². The number of aryl methyl sites for hydroxylation is 3. The fourth-order valence-corrected chi connectivity index (χ4v) is 6.64. The Bertz CT molecular complexity index is 1710. The quantitative estimate of drug-likeness (QED) is 0.177. The van der Waals surface area contributed by atoms with Gasteiger partial charge < -0.3 is 10.2 Å². The summed E-state index contributed by atoms with van der Waals surface area (Å²) in [6.07, 6.45) is 0.980. The largest absolute Gasteiger partial charge is 0.354 e. The van der Waals surface area contributed by atoms with E-state index in [1.54, 1.807) is 54.6 Å². The van der Waals surface area contributed by atoms with Crippen molar-refractivity contribution in [3.63, 3.8) is 0 Å². The average molecular weight is 646 g/mol. The molecule has 7 nitrogen and oxygen atoms in total. The van der Waals surface area contributed by atoms with E-state index in [4.69, 9.17) is 11.6 Å². The number of amides is 2. The highest BCUT2D eigenvalue weighted by Gasteiger charge is 2.35. The van der Waals surface area contributed by atoms with Gasteiger partial charge in [0, 0.05) is 24.5 Å². The van der Waals surface area contributed by atoms with Gasteiger partial charge in [0.05, 0.1) is 10.6 Å². The molecule has 4 rings (SSSR count). The molecule has 0 aliphatic rings. The molecule has 0 radical (unpaired) electrons. The van der Waals surface area contributed by atoms with Gasteiger partial charge in [-0.05, 0) is 79.8 Å². The topological polar surface area (TPSA) is 86.8 Å². The smallest absolute Gasteiger partial charge is 0.264 e. The van der Waals surface area contributed by atoms with Crippen LogP contribution >= 0.6 is 11.6 Å². The van der Waals surface area contributed by atoms with Gasteiger partial charge in [-0.25, -0.2) is 8.42 Å². The lowest BCUT2D eigenvalue weighted by molar-refractivity contribution is -0.140. The number of hydrogen-bond donors (Lipinski definition) is 1. The van der Waals surface area contributed by atoms with Crippen LogP contribution in [0.2, 0.25) is 5.02 Å². The third-order valence-electron chi connectivity index (χ3n) is 7.61. The Morgan fingerprint density at radius 3 is 2.11 bits per heavy atom. The summed E-state index contributed by atoms with van der Waals surface area (Å²) < 4.78 is 29.7. The predicted molar refractivity (Wildman–Crippen MR) is 181 cm³/mol. The minimum Gasteiger partial charge on any atom is -0.354 e. The summed E-state index contributed by atoms with van der Waals surface area (Å²) in [4.78, 5) is 29.9. The first-order valence-electron chi connectivity index (χ1n) is 15.0. The summed E-state index contributed by atoms with van der Waals surface area (Å²) in [5.41, 5.74) is 4.51. The van der Waals surface area contributed by atoms with Crippen LogP contribution in [0, 0.1) is 20.8 Å². The minimum atomic E-state index is -4.17. The Labute approximate surface area is 271 Å². The van der Waals surface area contributed by atoms with E-state index in [2.05, 4.69) is 5.32 Å². The normalized spacial score (nSPS) is 11.9. The molecule has 1 atom stereocenters. The zero-order valence-corrected chi connectivity index (χ0v) is 27.7. The number of carbonyl (C=O) groups is 2. The molecule has 0 unspecified atom stereocenters. The monoisotopic (exact) mass is 645 g/mol. The fourth-order valence-electron chi connectivity index (χ4n) is 5.05. The highest BCUT2D eigenvalue weighted by molar-refractivity contribution is 7.92. The van der Waals surface area contributed by atoms with E-state index in [0.717, 1.165) is 28.7 Å². The Morgan fingerprint density at radius 1 is 0.822 bits per heavy atom. The highest BCUT2D eigenvalue weighted by atomic mass is 35.5. The number of anilines is 1. The van der Waals surface area contributed by atoms with Gasteiger partial charge in [-0.2, -0.15) is 0 Å². The second-order valence-electron chi connectivity index (χ2n) is 11.3. The number of nitrogens with one attached hydrogen (secondary N) is 1. The van der Waals surface area contributed by atoms with Crippen molar-refractivity contribution in [2.24, 2.45) is 0 Å². The second kappa shape index (κ2) is 15.2. The average Bonchev–Trinajstić information content (AvgIpc) is 3.03. The van der Waals surface area contributed by atoms with Crippen molar-refractivity contribution in [1.82, 2.24) is 10.2 Å². The molecule has 0 aliphatic heterocycles. The van der Waals surface area contributed by atoms with Crippen LogP contribution < -0.4 is 9.62 Å². The number of nitrogens with zero attached hydrogens (tertiary/aromatic N) is 2. The molecule has 0 aliphatic carbocycles. The number of benzene rings is 4. The number of sulfonamides is 1. The zero-order chi connectivity index (χ0) is 32.6. The number of hydrogen-bond acceptors (Lipinski definition) is 4.